The van der Waals surface area contributed by atoms with Gasteiger partial charge in [0.2, 0.25) is 5.91 Å². The van der Waals surface area contributed by atoms with E-state index >= 15 is 0 Å². The number of amides is 1. The molecule has 1 heterocycles. The van der Waals surface area contributed by atoms with Crippen LogP contribution in [0.3, 0.4) is 0 Å². The molecule has 21 heavy (non-hydrogen) atoms. The smallest absolute Gasteiger partial charge is 0.221 e. The second-order valence-corrected chi connectivity index (χ2v) is 5.81. The third kappa shape index (κ3) is 5.06. The average Bonchev–Trinajstić information content (AvgIpc) is 2.88. The molecular weight excluding hydrogens is 309 g/mol. The zero-order chi connectivity index (χ0) is 14.5. The molecule has 6 heteroatoms. The maximum Gasteiger partial charge on any atom is 0.221 e. The molecule has 1 atom stereocenters. The van der Waals surface area contributed by atoms with Crippen molar-refractivity contribution < 1.29 is 4.79 Å². The predicted octanol–water partition coefficient (Wildman–Crippen LogP) is 2.36. The third-order valence-corrected chi connectivity index (χ3v) is 3.99. The molecule has 0 saturated carbocycles. The zero-order valence-corrected chi connectivity index (χ0v) is 13.8. The summed E-state index contributed by atoms with van der Waals surface area (Å²) in [4.78, 5) is 13.8. The summed E-state index contributed by atoms with van der Waals surface area (Å²) >= 11 is 6.07. The molecule has 1 aromatic carbocycles. The molecule has 1 saturated heterocycles. The van der Waals surface area contributed by atoms with Crippen molar-refractivity contribution in [1.82, 2.24) is 5.32 Å². The fraction of sp³-hybridized carbons (Fsp3) is 0.533. The molecule has 0 aliphatic carbocycles. The number of benzene rings is 1. The number of halogens is 2. The van der Waals surface area contributed by atoms with Crippen LogP contribution < -0.4 is 16.0 Å². The second-order valence-electron chi connectivity index (χ2n) is 5.37. The SMILES string of the molecule is Cc1ccc(Cl)cc1N1CCC(CNC(=O)CCN)C1.Cl. The van der Waals surface area contributed by atoms with E-state index < -0.39 is 0 Å². The molecule has 1 unspecified atom stereocenters. The normalized spacial score (nSPS) is 17.5. The van der Waals surface area contributed by atoms with E-state index in [1.54, 1.807) is 0 Å². The van der Waals surface area contributed by atoms with Gasteiger partial charge in [-0.25, -0.2) is 0 Å². The number of anilines is 1. The minimum atomic E-state index is 0. The van der Waals surface area contributed by atoms with Gasteiger partial charge in [-0.1, -0.05) is 17.7 Å². The number of nitrogens with two attached hydrogens (primary N) is 1. The fourth-order valence-electron chi connectivity index (χ4n) is 2.62. The van der Waals surface area contributed by atoms with E-state index in [4.69, 9.17) is 17.3 Å². The van der Waals surface area contributed by atoms with Gasteiger partial charge in [0.25, 0.3) is 0 Å². The topological polar surface area (TPSA) is 58.4 Å². The van der Waals surface area contributed by atoms with Crippen molar-refractivity contribution in [2.75, 3.05) is 31.1 Å². The fourth-order valence-corrected chi connectivity index (χ4v) is 2.79. The Balaban J connectivity index is 0.00000220. The average molecular weight is 332 g/mol. The number of carbonyl (C=O) groups excluding carboxylic acids is 1. The van der Waals surface area contributed by atoms with Gasteiger partial charge in [-0.2, -0.15) is 0 Å². The van der Waals surface area contributed by atoms with Gasteiger partial charge in [0, 0.05) is 43.3 Å². The van der Waals surface area contributed by atoms with Crippen molar-refractivity contribution in [3.05, 3.63) is 28.8 Å². The first kappa shape index (κ1) is 18.1. The van der Waals surface area contributed by atoms with Crippen LogP contribution in [0.2, 0.25) is 5.02 Å². The van der Waals surface area contributed by atoms with Gasteiger partial charge in [-0.05, 0) is 37.0 Å². The van der Waals surface area contributed by atoms with Gasteiger partial charge in [0.15, 0.2) is 0 Å². The zero-order valence-electron chi connectivity index (χ0n) is 12.3. The molecule has 0 spiro atoms. The van der Waals surface area contributed by atoms with E-state index in [9.17, 15) is 4.79 Å². The molecular formula is C15H23Cl2N3O. The van der Waals surface area contributed by atoms with E-state index in [1.165, 1.54) is 11.3 Å². The molecule has 1 aromatic rings. The predicted molar refractivity (Wildman–Crippen MR) is 90.4 cm³/mol. The second kappa shape index (κ2) is 8.47. The maximum absolute atomic E-state index is 11.4. The van der Waals surface area contributed by atoms with Crippen molar-refractivity contribution in [3.63, 3.8) is 0 Å². The Morgan fingerprint density at radius 1 is 1.52 bits per heavy atom. The van der Waals surface area contributed by atoms with E-state index in [-0.39, 0.29) is 18.3 Å². The molecule has 0 radical (unpaired) electrons. The summed E-state index contributed by atoms with van der Waals surface area (Å²) in [6.45, 7) is 5.21. The minimum Gasteiger partial charge on any atom is -0.371 e. The van der Waals surface area contributed by atoms with E-state index in [1.807, 2.05) is 18.2 Å². The van der Waals surface area contributed by atoms with Crippen LogP contribution in [0.1, 0.15) is 18.4 Å². The van der Waals surface area contributed by atoms with Crippen LogP contribution in [0.15, 0.2) is 18.2 Å². The van der Waals surface area contributed by atoms with Crippen LogP contribution >= 0.6 is 24.0 Å². The molecule has 1 aliphatic rings. The number of hydrogen-bond acceptors (Lipinski definition) is 3. The van der Waals surface area contributed by atoms with Crippen molar-refractivity contribution in [2.45, 2.75) is 19.8 Å². The third-order valence-electron chi connectivity index (χ3n) is 3.76. The van der Waals surface area contributed by atoms with Crippen LogP contribution in [0.25, 0.3) is 0 Å². The first-order chi connectivity index (χ1) is 9.60. The molecule has 2 rings (SSSR count). The van der Waals surface area contributed by atoms with Crippen molar-refractivity contribution in [3.8, 4) is 0 Å². The van der Waals surface area contributed by atoms with Gasteiger partial charge in [0.05, 0.1) is 0 Å². The van der Waals surface area contributed by atoms with Gasteiger partial charge in [-0.3, -0.25) is 4.79 Å². The van der Waals surface area contributed by atoms with Crippen molar-refractivity contribution in [1.29, 1.82) is 0 Å². The van der Waals surface area contributed by atoms with Crippen LogP contribution in [0.4, 0.5) is 5.69 Å². The van der Waals surface area contributed by atoms with Gasteiger partial charge >= 0.3 is 0 Å². The molecule has 0 aromatic heterocycles. The lowest BCUT2D eigenvalue weighted by molar-refractivity contribution is -0.121. The quantitative estimate of drug-likeness (QED) is 0.870. The summed E-state index contributed by atoms with van der Waals surface area (Å²) < 4.78 is 0. The summed E-state index contributed by atoms with van der Waals surface area (Å²) in [5.74, 6) is 0.542. The molecule has 4 nitrogen and oxygen atoms in total. The summed E-state index contributed by atoms with van der Waals surface area (Å²) in [6.07, 6.45) is 1.50. The molecule has 0 bridgehead atoms. The highest BCUT2D eigenvalue weighted by Gasteiger charge is 2.24. The van der Waals surface area contributed by atoms with Gasteiger partial charge in [-0.15, -0.1) is 12.4 Å². The van der Waals surface area contributed by atoms with Crippen LogP contribution in [0, 0.1) is 12.8 Å². The highest BCUT2D eigenvalue weighted by Crippen LogP contribution is 2.29. The molecule has 1 amide bonds. The maximum atomic E-state index is 11.4. The molecule has 1 fully saturated rings. The first-order valence-electron chi connectivity index (χ1n) is 7.08. The van der Waals surface area contributed by atoms with Crippen molar-refractivity contribution >= 4 is 35.6 Å². The number of carbonyl (C=O) groups is 1. The Morgan fingerprint density at radius 2 is 2.29 bits per heavy atom. The lowest BCUT2D eigenvalue weighted by atomic mass is 10.1. The Morgan fingerprint density at radius 3 is 3.00 bits per heavy atom. The Bertz CT molecular complexity index is 482. The number of nitrogens with zero attached hydrogens (tertiary/aromatic N) is 1. The summed E-state index contributed by atoms with van der Waals surface area (Å²) in [5, 5.41) is 3.72. The summed E-state index contributed by atoms with van der Waals surface area (Å²) in [6, 6.07) is 5.99. The van der Waals surface area contributed by atoms with E-state index in [2.05, 4.69) is 17.1 Å². The Hall–Kier alpha value is -0.970. The lowest BCUT2D eigenvalue weighted by Gasteiger charge is -2.21. The standard InChI is InChI=1S/C15H22ClN3O.ClH/c1-11-2-3-13(16)8-14(11)19-7-5-12(10-19)9-18-15(20)4-6-17;/h2-3,8,12H,4-7,9-10,17H2,1H3,(H,18,20);1H. The molecule has 118 valence electrons. The lowest BCUT2D eigenvalue weighted by Crippen LogP contribution is -2.32. The van der Waals surface area contributed by atoms with Crippen molar-refractivity contribution in [2.24, 2.45) is 11.7 Å². The van der Waals surface area contributed by atoms with Gasteiger partial charge in [0.1, 0.15) is 0 Å². The number of nitrogens with one attached hydrogen (secondary N) is 1. The van der Waals surface area contributed by atoms with Gasteiger partial charge < -0.3 is 16.0 Å². The van der Waals surface area contributed by atoms with Crippen LogP contribution in [-0.2, 0) is 4.79 Å². The molecule has 1 aliphatic heterocycles. The monoisotopic (exact) mass is 331 g/mol. The summed E-state index contributed by atoms with van der Waals surface area (Å²) in [7, 11) is 0. The van der Waals surface area contributed by atoms with Crippen LogP contribution in [-0.4, -0.2) is 32.1 Å². The number of aryl methyl sites for hydroxylation is 1. The van der Waals surface area contributed by atoms with E-state index in [0.717, 1.165) is 31.1 Å². The van der Waals surface area contributed by atoms with E-state index in [0.29, 0.717) is 18.9 Å². The van der Waals surface area contributed by atoms with Crippen LogP contribution in [0.5, 0.6) is 0 Å². The number of hydrogen-bond donors (Lipinski definition) is 2. The summed E-state index contributed by atoms with van der Waals surface area (Å²) in [5.41, 5.74) is 7.80. The highest BCUT2D eigenvalue weighted by atomic mass is 35.5. The first-order valence-corrected chi connectivity index (χ1v) is 7.46. The largest absolute Gasteiger partial charge is 0.371 e. The highest BCUT2D eigenvalue weighted by molar-refractivity contribution is 6.30. The Labute approximate surface area is 137 Å². The Kier molecular flexibility index (Phi) is 7.29. The number of rotatable bonds is 5. The molecule has 3 N–H and O–H groups in total. The minimum absolute atomic E-state index is 0.